The number of hydrogen-bond acceptors (Lipinski definition) is 4. The van der Waals surface area contributed by atoms with Crippen LogP contribution in [0.25, 0.3) is 0 Å². The van der Waals surface area contributed by atoms with Crippen molar-refractivity contribution in [3.63, 3.8) is 0 Å². The fraction of sp³-hybridized carbons (Fsp3) is 0.938. The Labute approximate surface area is 140 Å². The van der Waals surface area contributed by atoms with Crippen molar-refractivity contribution in [2.45, 2.75) is 83.1 Å². The minimum Gasteiger partial charge on any atom is -0.293 e. The lowest BCUT2D eigenvalue weighted by atomic mass is 9.81. The van der Waals surface area contributed by atoms with Crippen molar-refractivity contribution in [3.8, 4) is 0 Å². The van der Waals surface area contributed by atoms with Crippen LogP contribution >= 0.6 is 0 Å². The van der Waals surface area contributed by atoms with Gasteiger partial charge in [-0.05, 0) is 48.6 Å². The second kappa shape index (κ2) is 7.80. The first-order valence-corrected chi connectivity index (χ1v) is 9.09. The molecule has 3 rings (SSSR count). The molecule has 2 fully saturated rings. The van der Waals surface area contributed by atoms with Gasteiger partial charge in [0.1, 0.15) is 6.54 Å². The van der Waals surface area contributed by atoms with Gasteiger partial charge in [0.05, 0.1) is 6.54 Å². The first-order chi connectivity index (χ1) is 11.5. The number of aromatic nitrogens is 4. The lowest BCUT2D eigenvalue weighted by Gasteiger charge is -2.37. The zero-order valence-corrected chi connectivity index (χ0v) is 14.0. The number of nitrogens with zero attached hydrogens (tertiary/aromatic N) is 5. The summed E-state index contributed by atoms with van der Waals surface area (Å²) in [4.78, 5) is 2.35. The monoisotopic (exact) mass is 345 g/mol. The number of likely N-dealkylation sites (tertiary alicyclic amines) is 1. The number of hydrogen-bond donors (Lipinski definition) is 0. The third-order valence-electron chi connectivity index (χ3n) is 5.39. The average Bonchev–Trinajstić information content (AvgIpc) is 2.82. The van der Waals surface area contributed by atoms with Gasteiger partial charge in [-0.15, -0.1) is 5.10 Å². The summed E-state index contributed by atoms with van der Waals surface area (Å²) in [5.41, 5.74) is 0. The van der Waals surface area contributed by atoms with Gasteiger partial charge in [-0.25, -0.2) is 4.68 Å². The molecule has 1 unspecified atom stereocenters. The molecule has 0 aromatic carbocycles. The van der Waals surface area contributed by atoms with Crippen LogP contribution in [0, 0.1) is 5.92 Å². The van der Waals surface area contributed by atoms with Crippen molar-refractivity contribution >= 4 is 0 Å². The summed E-state index contributed by atoms with van der Waals surface area (Å²) < 4.78 is 38.9. The van der Waals surface area contributed by atoms with Gasteiger partial charge in [-0.3, -0.25) is 4.90 Å². The van der Waals surface area contributed by atoms with Crippen LogP contribution in [-0.2, 0) is 13.1 Å². The zero-order valence-electron chi connectivity index (χ0n) is 14.0. The molecule has 5 nitrogen and oxygen atoms in total. The normalized spacial score (nSPS) is 24.9. The summed E-state index contributed by atoms with van der Waals surface area (Å²) in [7, 11) is 0. The van der Waals surface area contributed by atoms with E-state index in [1.807, 2.05) is 0 Å². The molecule has 1 atom stereocenters. The van der Waals surface area contributed by atoms with E-state index in [9.17, 15) is 13.2 Å². The summed E-state index contributed by atoms with van der Waals surface area (Å²) in [6.07, 6.45) is 6.72. The van der Waals surface area contributed by atoms with Gasteiger partial charge in [-0.2, -0.15) is 13.2 Å². The highest BCUT2D eigenvalue weighted by Crippen LogP contribution is 2.33. The lowest BCUT2D eigenvalue weighted by Crippen LogP contribution is -2.41. The van der Waals surface area contributed by atoms with Gasteiger partial charge in [-0.1, -0.05) is 32.1 Å². The second-order valence-corrected chi connectivity index (χ2v) is 7.15. The fourth-order valence-electron chi connectivity index (χ4n) is 4.25. The van der Waals surface area contributed by atoms with E-state index in [2.05, 4.69) is 20.4 Å². The Hall–Kier alpha value is -1.18. The third-order valence-corrected chi connectivity index (χ3v) is 5.39. The first kappa shape index (κ1) is 17.6. The molecular formula is C16H26F3N5. The molecule has 0 radical (unpaired) electrons. The van der Waals surface area contributed by atoms with Crippen molar-refractivity contribution in [1.29, 1.82) is 0 Å². The summed E-state index contributed by atoms with van der Waals surface area (Å²) in [6, 6.07) is 0.462. The van der Waals surface area contributed by atoms with Crippen LogP contribution < -0.4 is 0 Å². The molecule has 0 spiro atoms. The number of tetrazole rings is 1. The molecule has 136 valence electrons. The highest BCUT2D eigenvalue weighted by atomic mass is 19.4. The van der Waals surface area contributed by atoms with Gasteiger partial charge >= 0.3 is 6.18 Å². The van der Waals surface area contributed by atoms with Crippen LogP contribution in [0.2, 0.25) is 0 Å². The van der Waals surface area contributed by atoms with E-state index < -0.39 is 12.7 Å². The Bertz CT molecular complexity index is 510. The molecule has 2 heterocycles. The van der Waals surface area contributed by atoms with E-state index in [0.717, 1.165) is 24.1 Å². The molecule has 1 saturated heterocycles. The van der Waals surface area contributed by atoms with Crippen LogP contribution in [0.5, 0.6) is 0 Å². The minimum atomic E-state index is -4.30. The summed E-state index contributed by atoms with van der Waals surface area (Å²) in [5, 5.41) is 10.9. The molecule has 24 heavy (non-hydrogen) atoms. The molecule has 0 N–H and O–H groups in total. The molecule has 1 saturated carbocycles. The van der Waals surface area contributed by atoms with E-state index in [4.69, 9.17) is 0 Å². The van der Waals surface area contributed by atoms with Crippen LogP contribution in [0.1, 0.15) is 63.6 Å². The van der Waals surface area contributed by atoms with Gasteiger partial charge in [0.25, 0.3) is 0 Å². The fourth-order valence-corrected chi connectivity index (χ4v) is 4.25. The van der Waals surface area contributed by atoms with Crippen molar-refractivity contribution in [1.82, 2.24) is 25.1 Å². The van der Waals surface area contributed by atoms with Crippen molar-refractivity contribution < 1.29 is 13.2 Å². The molecule has 1 aromatic heterocycles. The van der Waals surface area contributed by atoms with E-state index in [0.29, 0.717) is 24.3 Å². The molecule has 8 heteroatoms. The van der Waals surface area contributed by atoms with E-state index >= 15 is 0 Å². The first-order valence-electron chi connectivity index (χ1n) is 9.09. The SMILES string of the molecule is FC(F)(F)Cn1nnnc1CN1CCCCCC1C1CCCCC1. The number of alkyl halides is 3. The predicted octanol–water partition coefficient (Wildman–Crippen LogP) is 3.56. The lowest BCUT2D eigenvalue weighted by molar-refractivity contribution is -0.143. The van der Waals surface area contributed by atoms with Gasteiger partial charge in [0.15, 0.2) is 5.82 Å². The standard InChI is InChI=1S/C16H26F3N5/c17-16(18,19)12-24-15(20-21-22-24)11-23-10-6-2-5-9-14(23)13-7-3-1-4-8-13/h13-14H,1-12H2. The Morgan fingerprint density at radius 1 is 0.958 bits per heavy atom. The number of rotatable bonds is 4. The molecule has 0 amide bonds. The zero-order chi connectivity index (χ0) is 17.0. The minimum absolute atomic E-state index is 0.329. The maximum Gasteiger partial charge on any atom is 0.408 e. The quantitative estimate of drug-likeness (QED) is 0.837. The van der Waals surface area contributed by atoms with Gasteiger partial charge in [0, 0.05) is 6.04 Å². The van der Waals surface area contributed by atoms with E-state index in [1.54, 1.807) is 0 Å². The van der Waals surface area contributed by atoms with Gasteiger partial charge in [0.2, 0.25) is 0 Å². The largest absolute Gasteiger partial charge is 0.408 e. The maximum atomic E-state index is 12.7. The molecule has 1 aromatic rings. The Morgan fingerprint density at radius 3 is 2.42 bits per heavy atom. The summed E-state index contributed by atoms with van der Waals surface area (Å²) in [6.45, 7) is 0.238. The van der Waals surface area contributed by atoms with Crippen LogP contribution in [0.15, 0.2) is 0 Å². The third kappa shape index (κ3) is 4.68. The van der Waals surface area contributed by atoms with Crippen molar-refractivity contribution in [2.24, 2.45) is 5.92 Å². The summed E-state index contributed by atoms with van der Waals surface area (Å²) in [5.74, 6) is 0.999. The van der Waals surface area contributed by atoms with Crippen molar-refractivity contribution in [3.05, 3.63) is 5.82 Å². The Kier molecular flexibility index (Phi) is 5.73. The molecule has 0 bridgehead atoms. The Morgan fingerprint density at radius 2 is 1.67 bits per heavy atom. The van der Waals surface area contributed by atoms with Crippen LogP contribution in [0.3, 0.4) is 0 Å². The molecule has 1 aliphatic heterocycles. The molecule has 2 aliphatic rings. The maximum absolute atomic E-state index is 12.7. The average molecular weight is 345 g/mol. The molecular weight excluding hydrogens is 319 g/mol. The van der Waals surface area contributed by atoms with Crippen LogP contribution in [-0.4, -0.2) is 43.9 Å². The highest BCUT2D eigenvalue weighted by molar-refractivity contribution is 4.89. The number of halogens is 3. The van der Waals surface area contributed by atoms with E-state index in [1.165, 1.54) is 44.9 Å². The van der Waals surface area contributed by atoms with Crippen molar-refractivity contribution in [2.75, 3.05) is 6.54 Å². The summed E-state index contributed by atoms with van der Waals surface area (Å²) >= 11 is 0. The topological polar surface area (TPSA) is 46.8 Å². The van der Waals surface area contributed by atoms with Gasteiger partial charge < -0.3 is 0 Å². The predicted molar refractivity (Wildman–Crippen MR) is 83.1 cm³/mol. The highest BCUT2D eigenvalue weighted by Gasteiger charge is 2.33. The smallest absolute Gasteiger partial charge is 0.293 e. The van der Waals surface area contributed by atoms with Crippen LogP contribution in [0.4, 0.5) is 13.2 Å². The van der Waals surface area contributed by atoms with E-state index in [-0.39, 0.29) is 0 Å². The molecule has 1 aliphatic carbocycles. The second-order valence-electron chi connectivity index (χ2n) is 7.15. The Balaban J connectivity index is 1.72.